The van der Waals surface area contributed by atoms with Crippen LogP contribution in [0.15, 0.2) is 54.3 Å². The SMILES string of the molecule is C=CCNC1=C(C)CC(c2ccccc2)N(C(=O)OC(C)(C)C)C1=O. The first-order chi connectivity index (χ1) is 11.7. The van der Waals surface area contributed by atoms with Crippen LogP contribution in [0.4, 0.5) is 4.79 Å². The number of hydrogen-bond acceptors (Lipinski definition) is 4. The molecular weight excluding hydrogens is 316 g/mol. The van der Waals surface area contributed by atoms with Crippen LogP contribution in [-0.4, -0.2) is 29.0 Å². The summed E-state index contributed by atoms with van der Waals surface area (Å²) in [4.78, 5) is 27.0. The smallest absolute Gasteiger partial charge is 0.417 e. The van der Waals surface area contributed by atoms with Gasteiger partial charge in [-0.2, -0.15) is 0 Å². The maximum atomic E-state index is 13.0. The van der Waals surface area contributed by atoms with Crippen molar-refractivity contribution in [2.24, 2.45) is 0 Å². The van der Waals surface area contributed by atoms with E-state index < -0.39 is 11.7 Å². The van der Waals surface area contributed by atoms with E-state index in [0.29, 0.717) is 18.7 Å². The second kappa shape index (κ2) is 7.55. The number of nitrogens with one attached hydrogen (secondary N) is 1. The van der Waals surface area contributed by atoms with Gasteiger partial charge in [0.05, 0.1) is 11.7 Å². The minimum absolute atomic E-state index is 0.367. The predicted octanol–water partition coefficient (Wildman–Crippen LogP) is 3.94. The largest absolute Gasteiger partial charge is 0.443 e. The quantitative estimate of drug-likeness (QED) is 0.842. The van der Waals surface area contributed by atoms with Gasteiger partial charge >= 0.3 is 6.09 Å². The third-order valence-corrected chi connectivity index (χ3v) is 3.87. The van der Waals surface area contributed by atoms with Gasteiger partial charge in [-0.1, -0.05) is 36.4 Å². The summed E-state index contributed by atoms with van der Waals surface area (Å²) in [6.07, 6.45) is 1.61. The molecule has 0 saturated carbocycles. The van der Waals surface area contributed by atoms with Crippen LogP contribution in [0.2, 0.25) is 0 Å². The summed E-state index contributed by atoms with van der Waals surface area (Å²) in [5, 5.41) is 3.05. The van der Waals surface area contributed by atoms with Gasteiger partial charge in [0, 0.05) is 6.54 Å². The summed E-state index contributed by atoms with van der Waals surface area (Å²) in [6, 6.07) is 9.18. The fraction of sp³-hybridized carbons (Fsp3) is 0.400. The molecule has 25 heavy (non-hydrogen) atoms. The Bertz CT molecular complexity index is 687. The van der Waals surface area contributed by atoms with Crippen LogP contribution in [0, 0.1) is 0 Å². The van der Waals surface area contributed by atoms with E-state index in [1.165, 1.54) is 4.90 Å². The Hall–Kier alpha value is -2.56. The molecule has 0 aromatic heterocycles. The van der Waals surface area contributed by atoms with Crippen LogP contribution >= 0.6 is 0 Å². The van der Waals surface area contributed by atoms with Crippen LogP contribution in [0.1, 0.15) is 45.7 Å². The molecule has 1 unspecified atom stereocenters. The molecule has 0 fully saturated rings. The highest BCUT2D eigenvalue weighted by Gasteiger charge is 2.40. The minimum Gasteiger partial charge on any atom is -0.443 e. The first kappa shape index (κ1) is 18.8. The molecule has 1 aromatic carbocycles. The third kappa shape index (κ3) is 4.50. The molecule has 2 rings (SSSR count). The van der Waals surface area contributed by atoms with Crippen molar-refractivity contribution in [2.75, 3.05) is 6.54 Å². The molecule has 2 amide bonds. The van der Waals surface area contributed by atoms with E-state index >= 15 is 0 Å². The van der Waals surface area contributed by atoms with Crippen LogP contribution in [-0.2, 0) is 9.53 Å². The average Bonchev–Trinajstić information content (AvgIpc) is 2.53. The Morgan fingerprint density at radius 1 is 1.36 bits per heavy atom. The average molecular weight is 342 g/mol. The number of ether oxygens (including phenoxy) is 1. The van der Waals surface area contributed by atoms with E-state index in [-0.39, 0.29) is 11.9 Å². The summed E-state index contributed by atoms with van der Waals surface area (Å²) < 4.78 is 5.48. The van der Waals surface area contributed by atoms with Crippen LogP contribution in [0.25, 0.3) is 0 Å². The Morgan fingerprint density at radius 3 is 2.56 bits per heavy atom. The molecule has 0 radical (unpaired) electrons. The molecule has 0 aliphatic carbocycles. The number of benzene rings is 1. The van der Waals surface area contributed by atoms with Gasteiger partial charge in [-0.25, -0.2) is 9.69 Å². The van der Waals surface area contributed by atoms with Crippen molar-refractivity contribution < 1.29 is 14.3 Å². The molecule has 134 valence electrons. The Morgan fingerprint density at radius 2 is 2.00 bits per heavy atom. The van der Waals surface area contributed by atoms with Crippen molar-refractivity contribution >= 4 is 12.0 Å². The third-order valence-electron chi connectivity index (χ3n) is 3.87. The standard InChI is InChI=1S/C20H26N2O3/c1-6-12-21-17-14(2)13-16(15-10-8-7-9-11-15)22(18(17)23)19(24)25-20(3,4)5/h6-11,16,21H,1,12-13H2,2-5H3. The van der Waals surface area contributed by atoms with Gasteiger partial charge in [-0.3, -0.25) is 4.79 Å². The molecular formula is C20H26N2O3. The summed E-state index contributed by atoms with van der Waals surface area (Å²) in [5.41, 5.74) is 1.59. The Labute approximate surface area is 149 Å². The molecule has 0 spiro atoms. The topological polar surface area (TPSA) is 58.6 Å². The number of imide groups is 1. The van der Waals surface area contributed by atoms with Crippen LogP contribution < -0.4 is 5.32 Å². The van der Waals surface area contributed by atoms with Crippen molar-refractivity contribution in [1.82, 2.24) is 10.2 Å². The number of rotatable bonds is 4. The fourth-order valence-corrected chi connectivity index (χ4v) is 2.79. The van der Waals surface area contributed by atoms with E-state index in [0.717, 1.165) is 11.1 Å². The number of amides is 2. The van der Waals surface area contributed by atoms with Gasteiger partial charge in [0.15, 0.2) is 0 Å². The zero-order valence-corrected chi connectivity index (χ0v) is 15.3. The zero-order valence-electron chi connectivity index (χ0n) is 15.3. The van der Waals surface area contributed by atoms with Crippen molar-refractivity contribution in [3.05, 3.63) is 59.8 Å². The van der Waals surface area contributed by atoms with Gasteiger partial charge < -0.3 is 10.1 Å². The lowest BCUT2D eigenvalue weighted by molar-refractivity contribution is -0.130. The summed E-state index contributed by atoms with van der Waals surface area (Å²) in [7, 11) is 0. The molecule has 1 atom stereocenters. The maximum absolute atomic E-state index is 13.0. The Balaban J connectivity index is 2.42. The molecule has 1 aliphatic rings. The summed E-state index contributed by atoms with van der Waals surface area (Å²) >= 11 is 0. The van der Waals surface area contributed by atoms with E-state index in [1.807, 2.05) is 37.3 Å². The van der Waals surface area contributed by atoms with Crippen LogP contribution in [0.3, 0.4) is 0 Å². The molecule has 0 saturated heterocycles. The van der Waals surface area contributed by atoms with Crippen molar-refractivity contribution in [3.63, 3.8) is 0 Å². The van der Waals surface area contributed by atoms with E-state index in [9.17, 15) is 9.59 Å². The summed E-state index contributed by atoms with van der Waals surface area (Å²) in [5.74, 6) is -0.367. The maximum Gasteiger partial charge on any atom is 0.417 e. The van der Waals surface area contributed by atoms with Crippen molar-refractivity contribution in [3.8, 4) is 0 Å². The number of carbonyl (C=O) groups excluding carboxylic acids is 2. The first-order valence-corrected chi connectivity index (χ1v) is 8.40. The molecule has 1 heterocycles. The summed E-state index contributed by atoms with van der Waals surface area (Å²) in [6.45, 7) is 11.4. The van der Waals surface area contributed by atoms with Crippen molar-refractivity contribution in [1.29, 1.82) is 0 Å². The minimum atomic E-state index is -0.677. The van der Waals surface area contributed by atoms with Crippen molar-refractivity contribution in [2.45, 2.75) is 45.8 Å². The van der Waals surface area contributed by atoms with E-state index in [2.05, 4.69) is 11.9 Å². The second-order valence-corrected chi connectivity index (χ2v) is 7.11. The van der Waals surface area contributed by atoms with Gasteiger partial charge in [0.25, 0.3) is 5.91 Å². The predicted molar refractivity (Wildman–Crippen MR) is 97.8 cm³/mol. The molecule has 1 N–H and O–H groups in total. The first-order valence-electron chi connectivity index (χ1n) is 8.40. The van der Waals surface area contributed by atoms with Gasteiger partial charge in [0.2, 0.25) is 0 Å². The van der Waals surface area contributed by atoms with Crippen LogP contribution in [0.5, 0.6) is 0 Å². The van der Waals surface area contributed by atoms with Gasteiger partial charge in [-0.15, -0.1) is 6.58 Å². The lowest BCUT2D eigenvalue weighted by Crippen LogP contribution is -2.48. The molecule has 5 nitrogen and oxygen atoms in total. The molecule has 5 heteroatoms. The molecule has 0 bridgehead atoms. The number of carbonyl (C=O) groups is 2. The Kier molecular flexibility index (Phi) is 5.67. The highest BCUT2D eigenvalue weighted by atomic mass is 16.6. The normalized spacial score (nSPS) is 18.2. The fourth-order valence-electron chi connectivity index (χ4n) is 2.79. The lowest BCUT2D eigenvalue weighted by Gasteiger charge is -2.37. The highest BCUT2D eigenvalue weighted by Crippen LogP contribution is 2.35. The van der Waals surface area contributed by atoms with Gasteiger partial charge in [0.1, 0.15) is 5.60 Å². The molecule has 1 aromatic rings. The number of nitrogens with zero attached hydrogens (tertiary/aromatic N) is 1. The second-order valence-electron chi connectivity index (χ2n) is 7.11. The van der Waals surface area contributed by atoms with E-state index in [4.69, 9.17) is 4.74 Å². The zero-order chi connectivity index (χ0) is 18.6. The highest BCUT2D eigenvalue weighted by molar-refractivity contribution is 6.03. The van der Waals surface area contributed by atoms with Gasteiger partial charge in [-0.05, 0) is 45.3 Å². The monoisotopic (exact) mass is 342 g/mol. The number of hydrogen-bond donors (Lipinski definition) is 1. The molecule has 1 aliphatic heterocycles. The van der Waals surface area contributed by atoms with E-state index in [1.54, 1.807) is 26.8 Å². The lowest BCUT2D eigenvalue weighted by atomic mass is 9.93.